The fourth-order valence-electron chi connectivity index (χ4n) is 2.34. The first-order chi connectivity index (χ1) is 12.3. The third kappa shape index (κ3) is 2.28. The Bertz CT molecular complexity index is 1150. The number of hydrogen-bond acceptors (Lipinski definition) is 4. The molecular formula is C17H3F5N4. The minimum absolute atomic E-state index is 0.827. The minimum Gasteiger partial charge on any atom is -0.398 e. The third-order valence-electron chi connectivity index (χ3n) is 3.47. The van der Waals surface area contributed by atoms with Crippen LogP contribution >= 0.6 is 0 Å². The summed E-state index contributed by atoms with van der Waals surface area (Å²) in [6, 6.07) is 3.58. The van der Waals surface area contributed by atoms with Crippen molar-refractivity contribution in [3.8, 4) is 30.6 Å². The second-order valence-electron chi connectivity index (χ2n) is 4.71. The fraction of sp³-hybridized carbons (Fsp3) is 0. The van der Waals surface area contributed by atoms with E-state index >= 15 is 0 Å². The maximum atomic E-state index is 14.5. The number of terminal acetylenes is 1. The van der Waals surface area contributed by atoms with Crippen LogP contribution in [-0.4, -0.2) is 0 Å². The number of anilines is 1. The Morgan fingerprint density at radius 3 is 1.62 bits per heavy atom. The molecule has 0 aliphatic rings. The van der Waals surface area contributed by atoms with Crippen molar-refractivity contribution < 1.29 is 22.0 Å². The number of nitrogens with zero attached hydrogens (tertiary/aromatic N) is 3. The van der Waals surface area contributed by atoms with Gasteiger partial charge in [-0.3, -0.25) is 0 Å². The summed E-state index contributed by atoms with van der Waals surface area (Å²) < 4.78 is 71.8. The van der Waals surface area contributed by atoms with Gasteiger partial charge in [0.2, 0.25) is 0 Å². The number of benzene rings is 2. The Kier molecular flexibility index (Phi) is 4.52. The monoisotopic (exact) mass is 358 g/mol. The van der Waals surface area contributed by atoms with Crippen molar-refractivity contribution in [3.05, 3.63) is 39.5 Å². The molecule has 2 rings (SSSR count). The summed E-state index contributed by atoms with van der Waals surface area (Å²) >= 11 is 0. The SMILES string of the molecule is C#C/C(C#N)=c1\c(F)c(F)c2c(F)c(=C(C#N)C#N)c(F)c(F)c2c1N. The zero-order valence-corrected chi connectivity index (χ0v) is 12.4. The van der Waals surface area contributed by atoms with Gasteiger partial charge in [0.25, 0.3) is 0 Å². The van der Waals surface area contributed by atoms with E-state index < -0.39 is 67.1 Å². The van der Waals surface area contributed by atoms with E-state index in [1.807, 2.05) is 0 Å². The van der Waals surface area contributed by atoms with Crippen LogP contribution in [0, 0.1) is 75.4 Å². The van der Waals surface area contributed by atoms with Gasteiger partial charge in [0.15, 0.2) is 23.3 Å². The summed E-state index contributed by atoms with van der Waals surface area (Å²) in [6.07, 6.45) is 4.97. The zero-order valence-electron chi connectivity index (χ0n) is 12.4. The highest BCUT2D eigenvalue weighted by Crippen LogP contribution is 2.28. The molecule has 2 N–H and O–H groups in total. The number of nitrogen functional groups attached to an aromatic ring is 1. The smallest absolute Gasteiger partial charge is 0.171 e. The van der Waals surface area contributed by atoms with Crippen molar-refractivity contribution in [2.75, 3.05) is 5.73 Å². The molecule has 0 fully saturated rings. The van der Waals surface area contributed by atoms with E-state index in [2.05, 4.69) is 0 Å². The van der Waals surface area contributed by atoms with Crippen molar-refractivity contribution in [2.24, 2.45) is 0 Å². The maximum absolute atomic E-state index is 14.5. The quantitative estimate of drug-likeness (QED) is 0.335. The average Bonchev–Trinajstić information content (AvgIpc) is 2.63. The Hall–Kier alpha value is -4.08. The van der Waals surface area contributed by atoms with Crippen molar-refractivity contribution in [3.63, 3.8) is 0 Å². The molecule has 0 spiro atoms. The number of nitrogens with two attached hydrogens (primary N) is 1. The van der Waals surface area contributed by atoms with Crippen LogP contribution in [0.3, 0.4) is 0 Å². The summed E-state index contributed by atoms with van der Waals surface area (Å²) in [6.45, 7) is 0. The summed E-state index contributed by atoms with van der Waals surface area (Å²) in [5.41, 5.74) is 2.45. The lowest BCUT2D eigenvalue weighted by Crippen LogP contribution is -2.25. The number of halogens is 5. The standard InChI is InChI=1S/C17H3F5N4/c1-2-6(3-23)9-14(20)15(21)10-11(17(9)26)16(22)13(19)8(12(10)18)7(4-24)5-25/h1H,26H2/b9-6-. The predicted octanol–water partition coefficient (Wildman–Crippen LogP) is 1.62. The van der Waals surface area contributed by atoms with Gasteiger partial charge in [0, 0.05) is 0 Å². The maximum Gasteiger partial charge on any atom is 0.171 e. The van der Waals surface area contributed by atoms with Gasteiger partial charge in [-0.15, -0.1) is 6.42 Å². The number of rotatable bonds is 0. The first-order valence-corrected chi connectivity index (χ1v) is 6.44. The van der Waals surface area contributed by atoms with Crippen molar-refractivity contribution in [2.45, 2.75) is 0 Å². The second-order valence-corrected chi connectivity index (χ2v) is 4.71. The summed E-state index contributed by atoms with van der Waals surface area (Å²) in [5, 5.41) is 21.2. The molecule has 0 aliphatic carbocycles. The molecule has 0 aromatic heterocycles. The molecule has 0 aliphatic heterocycles. The zero-order chi connectivity index (χ0) is 19.8. The van der Waals surface area contributed by atoms with E-state index in [-0.39, 0.29) is 0 Å². The summed E-state index contributed by atoms with van der Waals surface area (Å²) in [7, 11) is 0. The molecule has 0 unspecified atom stereocenters. The van der Waals surface area contributed by atoms with Crippen LogP contribution in [0.4, 0.5) is 27.6 Å². The van der Waals surface area contributed by atoms with Gasteiger partial charge >= 0.3 is 0 Å². The Morgan fingerprint density at radius 1 is 0.692 bits per heavy atom. The van der Waals surface area contributed by atoms with E-state index in [1.165, 1.54) is 6.07 Å². The van der Waals surface area contributed by atoms with E-state index in [0.717, 1.165) is 12.1 Å². The Morgan fingerprint density at radius 2 is 1.15 bits per heavy atom. The van der Waals surface area contributed by atoms with Crippen LogP contribution < -0.4 is 16.2 Å². The van der Waals surface area contributed by atoms with E-state index in [0.29, 0.717) is 0 Å². The van der Waals surface area contributed by atoms with Gasteiger partial charge < -0.3 is 5.73 Å². The topological polar surface area (TPSA) is 97.4 Å². The van der Waals surface area contributed by atoms with Gasteiger partial charge in [-0.1, -0.05) is 5.92 Å². The highest BCUT2D eigenvalue weighted by atomic mass is 19.2. The van der Waals surface area contributed by atoms with E-state index in [4.69, 9.17) is 27.9 Å². The van der Waals surface area contributed by atoms with E-state index in [9.17, 15) is 22.0 Å². The van der Waals surface area contributed by atoms with Crippen LogP contribution in [-0.2, 0) is 0 Å². The molecule has 0 amide bonds. The third-order valence-corrected chi connectivity index (χ3v) is 3.47. The summed E-state index contributed by atoms with van der Waals surface area (Å²) in [5.74, 6) is -8.01. The Balaban J connectivity index is 3.48. The van der Waals surface area contributed by atoms with Gasteiger partial charge in [-0.25, -0.2) is 22.0 Å². The van der Waals surface area contributed by atoms with Gasteiger partial charge in [0.05, 0.1) is 26.9 Å². The predicted molar refractivity (Wildman–Crippen MR) is 79.9 cm³/mol. The number of nitriles is 3. The molecule has 0 bridgehead atoms. The molecule has 0 heterocycles. The van der Waals surface area contributed by atoms with Crippen molar-refractivity contribution in [1.82, 2.24) is 0 Å². The number of fused-ring (bicyclic) bond motifs is 1. The lowest BCUT2D eigenvalue weighted by atomic mass is 9.99. The normalized spacial score (nSPS) is 11.1. The van der Waals surface area contributed by atoms with Crippen LogP contribution in [0.2, 0.25) is 0 Å². The highest BCUT2D eigenvalue weighted by molar-refractivity contribution is 5.97. The lowest BCUT2D eigenvalue weighted by molar-refractivity contribution is 0.485. The second kappa shape index (κ2) is 6.43. The molecule has 0 saturated heterocycles. The van der Waals surface area contributed by atoms with Crippen LogP contribution in [0.5, 0.6) is 0 Å². The molecule has 2 aromatic carbocycles. The molecule has 9 heteroatoms. The first-order valence-electron chi connectivity index (χ1n) is 6.44. The largest absolute Gasteiger partial charge is 0.398 e. The molecular weight excluding hydrogens is 355 g/mol. The number of hydrogen-bond donors (Lipinski definition) is 1. The first kappa shape index (κ1) is 18.3. The minimum atomic E-state index is -2.01. The lowest BCUT2D eigenvalue weighted by Gasteiger charge is -2.11. The van der Waals surface area contributed by atoms with E-state index in [1.54, 1.807) is 5.92 Å². The fourth-order valence-corrected chi connectivity index (χ4v) is 2.34. The van der Waals surface area contributed by atoms with Crippen LogP contribution in [0.25, 0.3) is 21.9 Å². The highest BCUT2D eigenvalue weighted by Gasteiger charge is 2.27. The Labute approximate surface area is 142 Å². The molecule has 0 radical (unpaired) electrons. The molecule has 0 atom stereocenters. The molecule has 2 aromatic rings. The van der Waals surface area contributed by atoms with Crippen LogP contribution in [0.15, 0.2) is 0 Å². The van der Waals surface area contributed by atoms with Crippen molar-refractivity contribution >= 4 is 27.6 Å². The van der Waals surface area contributed by atoms with Crippen LogP contribution in [0.1, 0.15) is 0 Å². The molecule has 26 heavy (non-hydrogen) atoms. The average molecular weight is 358 g/mol. The molecule has 126 valence electrons. The van der Waals surface area contributed by atoms with Gasteiger partial charge in [0.1, 0.15) is 35.2 Å². The molecule has 4 nitrogen and oxygen atoms in total. The van der Waals surface area contributed by atoms with Crippen molar-refractivity contribution in [1.29, 1.82) is 15.8 Å². The van der Waals surface area contributed by atoms with Gasteiger partial charge in [-0.05, 0) is 0 Å². The molecule has 0 saturated carbocycles. The summed E-state index contributed by atoms with van der Waals surface area (Å²) in [4.78, 5) is 0. The van der Waals surface area contributed by atoms with Gasteiger partial charge in [-0.2, -0.15) is 15.8 Å².